The number of benzene rings is 1. The zero-order valence-electron chi connectivity index (χ0n) is 28.2. The molecule has 3 fully saturated rings. The molecule has 2 saturated carbocycles. The number of carbonyl (C=O) groups is 3. The maximum atomic E-state index is 16.2. The van der Waals surface area contributed by atoms with Gasteiger partial charge in [0.05, 0.1) is 30.8 Å². The number of ether oxygens (including phenoxy) is 3. The highest BCUT2D eigenvalue weighted by Gasteiger charge is 2.52. The molecule has 3 heterocycles. The number of carbonyl (C=O) groups excluding carboxylic acids is 3. The molecule has 2 unspecified atom stereocenters. The number of pyridine rings is 1. The number of ketones is 1. The van der Waals surface area contributed by atoms with Crippen LogP contribution >= 0.6 is 0 Å². The molecule has 1 aromatic carbocycles. The van der Waals surface area contributed by atoms with Crippen LogP contribution < -0.4 is 14.8 Å². The molecule has 8 atom stereocenters. The van der Waals surface area contributed by atoms with Crippen molar-refractivity contribution in [2.45, 2.75) is 110 Å². The normalized spacial score (nSPS) is 32.8. The van der Waals surface area contributed by atoms with Crippen molar-refractivity contribution >= 4 is 28.7 Å². The predicted molar refractivity (Wildman–Crippen MR) is 171 cm³/mol. The Hall–Kier alpha value is -3.50. The molecule has 1 saturated heterocycles. The number of hydrogen-bond donors (Lipinski definition) is 1. The summed E-state index contributed by atoms with van der Waals surface area (Å²) >= 11 is 0. The van der Waals surface area contributed by atoms with Gasteiger partial charge < -0.3 is 24.4 Å². The maximum Gasteiger partial charge on any atom is 0.408 e. The minimum absolute atomic E-state index is 0.0372. The van der Waals surface area contributed by atoms with E-state index in [1.165, 1.54) is 25.0 Å². The second-order valence-electron chi connectivity index (χ2n) is 15.2. The summed E-state index contributed by atoms with van der Waals surface area (Å²) < 4.78 is 50.1. The van der Waals surface area contributed by atoms with Crippen molar-refractivity contribution in [1.29, 1.82) is 0 Å². The standard InChI is InChI=1S/C36H47F2N3O6/c1-19-29-18-41(30(19)20(2)42)33(43)31(35(3,4)5)40-34(44)47-28-16-21-11-13-24(21)25(28)9-7-8-14-36(37,38)26-15-22-10-12-23(45-6)17-27(22)39-32(26)46-29/h10,12,15,17,19,21,24-25,28-31H,7-9,11,13-14,16,18H2,1-6H3,(H,40,44)/t19-,21?,24?,25-,28-,29+,30+,31-/m1/s1. The van der Waals surface area contributed by atoms with Crippen LogP contribution in [0.3, 0.4) is 0 Å². The minimum atomic E-state index is -3.25. The fraction of sp³-hybridized carbons (Fsp3) is 0.667. The lowest BCUT2D eigenvalue weighted by molar-refractivity contribution is -0.141. The van der Waals surface area contributed by atoms with Crippen LogP contribution in [-0.4, -0.2) is 65.6 Å². The summed E-state index contributed by atoms with van der Waals surface area (Å²) in [7, 11) is 1.52. The number of halogens is 2. The van der Waals surface area contributed by atoms with Gasteiger partial charge in [-0.15, -0.1) is 0 Å². The van der Waals surface area contributed by atoms with Crippen molar-refractivity contribution in [2.75, 3.05) is 13.7 Å². The summed E-state index contributed by atoms with van der Waals surface area (Å²) in [5, 5.41) is 3.39. The summed E-state index contributed by atoms with van der Waals surface area (Å²) in [6.45, 7) is 8.68. The van der Waals surface area contributed by atoms with Crippen molar-refractivity contribution in [2.24, 2.45) is 29.1 Å². The van der Waals surface area contributed by atoms with E-state index in [9.17, 15) is 14.4 Å². The van der Waals surface area contributed by atoms with E-state index in [4.69, 9.17) is 14.2 Å². The number of rotatable bonds is 2. The Morgan fingerprint density at radius 3 is 2.49 bits per heavy atom. The number of hydrogen-bond acceptors (Lipinski definition) is 7. The molecule has 47 heavy (non-hydrogen) atoms. The lowest BCUT2D eigenvalue weighted by atomic mass is 9.71. The van der Waals surface area contributed by atoms with Crippen molar-refractivity contribution in [3.63, 3.8) is 0 Å². The number of Topliss-reactive ketones (excluding diaryl/α,β-unsaturated/α-hetero) is 1. The zero-order valence-corrected chi connectivity index (χ0v) is 28.2. The molecule has 2 amide bonds. The molecular weight excluding hydrogens is 608 g/mol. The van der Waals surface area contributed by atoms with Crippen LogP contribution in [0.25, 0.3) is 10.9 Å². The van der Waals surface area contributed by atoms with Gasteiger partial charge in [0.1, 0.15) is 24.0 Å². The van der Waals surface area contributed by atoms with E-state index in [0.29, 0.717) is 41.3 Å². The van der Waals surface area contributed by atoms with E-state index < -0.39 is 53.9 Å². The van der Waals surface area contributed by atoms with Crippen molar-refractivity contribution in [3.05, 3.63) is 29.8 Å². The van der Waals surface area contributed by atoms with Crippen LogP contribution in [0.1, 0.15) is 85.1 Å². The number of fused-ring (bicyclic) bond motifs is 7. The van der Waals surface area contributed by atoms with Gasteiger partial charge in [0.2, 0.25) is 11.8 Å². The Morgan fingerprint density at radius 2 is 1.83 bits per heavy atom. The Kier molecular flexibility index (Phi) is 8.89. The van der Waals surface area contributed by atoms with Crippen LogP contribution in [0.4, 0.5) is 13.6 Å². The highest BCUT2D eigenvalue weighted by atomic mass is 19.3. The Balaban J connectivity index is 1.41. The first-order chi connectivity index (χ1) is 22.2. The molecule has 0 spiro atoms. The lowest BCUT2D eigenvalue weighted by Gasteiger charge is -2.36. The zero-order chi connectivity index (χ0) is 33.8. The quantitative estimate of drug-likeness (QED) is 0.386. The highest BCUT2D eigenvalue weighted by molar-refractivity contribution is 5.92. The molecule has 2 aliphatic heterocycles. The van der Waals surface area contributed by atoms with Gasteiger partial charge in [-0.2, -0.15) is 0 Å². The second-order valence-corrected chi connectivity index (χ2v) is 15.2. The molecule has 2 aromatic rings. The van der Waals surface area contributed by atoms with Gasteiger partial charge in [-0.05, 0) is 80.4 Å². The first kappa shape index (κ1) is 33.4. The fourth-order valence-electron chi connectivity index (χ4n) is 8.37. The van der Waals surface area contributed by atoms with Gasteiger partial charge in [0.15, 0.2) is 5.78 Å². The second kappa shape index (κ2) is 12.5. The number of alkyl halides is 2. The van der Waals surface area contributed by atoms with E-state index in [-0.39, 0.29) is 42.2 Å². The Bertz CT molecular complexity index is 1540. The molecule has 4 aliphatic rings. The van der Waals surface area contributed by atoms with Crippen LogP contribution in [0.2, 0.25) is 0 Å². The third-order valence-corrected chi connectivity index (χ3v) is 11.1. The average molecular weight is 656 g/mol. The van der Waals surface area contributed by atoms with Gasteiger partial charge >= 0.3 is 6.09 Å². The molecule has 2 aliphatic carbocycles. The number of amides is 2. The van der Waals surface area contributed by atoms with Crippen LogP contribution in [0, 0.1) is 29.1 Å². The van der Waals surface area contributed by atoms with E-state index in [2.05, 4.69) is 10.3 Å². The molecule has 1 N–H and O–H groups in total. The maximum absolute atomic E-state index is 16.2. The smallest absolute Gasteiger partial charge is 0.408 e. The van der Waals surface area contributed by atoms with E-state index in [0.717, 1.165) is 19.3 Å². The Labute approximate surface area is 275 Å². The van der Waals surface area contributed by atoms with E-state index in [1.54, 1.807) is 25.1 Å². The van der Waals surface area contributed by atoms with Gasteiger partial charge in [-0.3, -0.25) is 9.59 Å². The molecule has 11 heteroatoms. The topological polar surface area (TPSA) is 107 Å². The van der Waals surface area contributed by atoms with Gasteiger partial charge in [-0.1, -0.05) is 34.1 Å². The van der Waals surface area contributed by atoms with Gasteiger partial charge in [0.25, 0.3) is 5.92 Å². The third kappa shape index (κ3) is 6.38. The van der Waals surface area contributed by atoms with Crippen LogP contribution in [0.15, 0.2) is 24.3 Å². The molecule has 0 radical (unpaired) electrons. The summed E-state index contributed by atoms with van der Waals surface area (Å²) in [6.07, 6.45) is 2.21. The average Bonchev–Trinajstić information content (AvgIpc) is 3.43. The summed E-state index contributed by atoms with van der Waals surface area (Å²) in [5.41, 5.74) is -0.600. The van der Waals surface area contributed by atoms with E-state index >= 15 is 8.78 Å². The summed E-state index contributed by atoms with van der Waals surface area (Å²) in [4.78, 5) is 46.7. The fourth-order valence-corrected chi connectivity index (χ4v) is 8.37. The number of nitrogens with zero attached hydrogens (tertiary/aromatic N) is 2. The molecule has 2 bridgehead atoms. The monoisotopic (exact) mass is 655 g/mol. The summed E-state index contributed by atoms with van der Waals surface area (Å²) in [5.74, 6) is -3.21. The Morgan fingerprint density at radius 1 is 1.06 bits per heavy atom. The number of aromatic nitrogens is 1. The molecule has 9 nitrogen and oxygen atoms in total. The molecule has 1 aromatic heterocycles. The predicted octanol–water partition coefficient (Wildman–Crippen LogP) is 6.65. The van der Waals surface area contributed by atoms with Crippen LogP contribution in [0.5, 0.6) is 11.6 Å². The number of methoxy groups -OCH3 is 1. The molecule has 6 rings (SSSR count). The van der Waals surface area contributed by atoms with Crippen LogP contribution in [-0.2, 0) is 20.2 Å². The van der Waals surface area contributed by atoms with Crippen molar-refractivity contribution in [3.8, 4) is 11.6 Å². The largest absolute Gasteiger partial charge is 0.497 e. The first-order valence-electron chi connectivity index (χ1n) is 17.0. The molecule has 256 valence electrons. The number of nitrogens with one attached hydrogen (secondary N) is 1. The van der Waals surface area contributed by atoms with Gasteiger partial charge in [-0.25, -0.2) is 18.6 Å². The van der Waals surface area contributed by atoms with Crippen molar-refractivity contribution < 1.29 is 37.4 Å². The third-order valence-electron chi connectivity index (χ3n) is 11.1. The SMILES string of the molecule is COc1ccc2cc3c(nc2c1)O[C@H]1CN(C(=O)[C@H](C(C)(C)C)NC(=O)O[C@@H]2CC4CCC4[C@H]2CCCCC3(F)F)[C@H](C(C)=O)[C@@H]1C. The molecular formula is C36H47F2N3O6. The van der Waals surface area contributed by atoms with Gasteiger partial charge in [0, 0.05) is 23.8 Å². The first-order valence-corrected chi connectivity index (χ1v) is 17.0. The summed E-state index contributed by atoms with van der Waals surface area (Å²) in [6, 6.07) is 4.63. The number of alkyl carbamates (subject to hydrolysis) is 1. The highest BCUT2D eigenvalue weighted by Crippen LogP contribution is 2.53. The van der Waals surface area contributed by atoms with E-state index in [1.807, 2.05) is 20.8 Å². The minimum Gasteiger partial charge on any atom is -0.497 e. The van der Waals surface area contributed by atoms with Crippen molar-refractivity contribution in [1.82, 2.24) is 15.2 Å². The lowest BCUT2D eigenvalue weighted by Crippen LogP contribution is -2.57.